The Balaban J connectivity index is 2.01. The highest BCUT2D eigenvalue weighted by atomic mass is 32.2. The average Bonchev–Trinajstić information content (AvgIpc) is 2.64. The predicted molar refractivity (Wildman–Crippen MR) is 105 cm³/mol. The van der Waals surface area contributed by atoms with Gasteiger partial charge in [0.15, 0.2) is 11.5 Å². The van der Waals surface area contributed by atoms with Crippen LogP contribution in [0.25, 0.3) is 0 Å². The fraction of sp³-hybridized carbons (Fsp3) is 0.632. The van der Waals surface area contributed by atoms with Crippen LogP contribution in [0.2, 0.25) is 0 Å². The number of sulfonamides is 1. The fourth-order valence-electron chi connectivity index (χ4n) is 2.63. The van der Waals surface area contributed by atoms with Gasteiger partial charge in [0.25, 0.3) is 0 Å². The maximum Gasteiger partial charge on any atom is 0.241 e. The van der Waals surface area contributed by atoms with Crippen molar-refractivity contribution in [3.8, 4) is 11.5 Å². The van der Waals surface area contributed by atoms with Crippen molar-refractivity contribution in [1.82, 2.24) is 10.0 Å². The zero-order valence-electron chi connectivity index (χ0n) is 16.9. The van der Waals surface area contributed by atoms with Crippen molar-refractivity contribution in [2.75, 3.05) is 26.4 Å². The van der Waals surface area contributed by atoms with Crippen LogP contribution in [0.4, 0.5) is 0 Å². The van der Waals surface area contributed by atoms with Crippen molar-refractivity contribution < 1.29 is 27.4 Å². The van der Waals surface area contributed by atoms with Crippen molar-refractivity contribution >= 4 is 15.9 Å². The number of benzene rings is 1. The van der Waals surface area contributed by atoms with E-state index in [1.807, 2.05) is 13.8 Å². The molecule has 0 aromatic heterocycles. The second-order valence-corrected chi connectivity index (χ2v) is 8.93. The highest BCUT2D eigenvalue weighted by Gasteiger charge is 2.29. The molecule has 2 N–H and O–H groups in total. The van der Waals surface area contributed by atoms with Crippen LogP contribution >= 0.6 is 0 Å². The molecule has 2 rings (SSSR count). The van der Waals surface area contributed by atoms with Crippen LogP contribution in [0.5, 0.6) is 11.5 Å². The molecule has 0 spiro atoms. The fourth-order valence-corrected chi connectivity index (χ4v) is 3.99. The maximum atomic E-state index is 12.8. The summed E-state index contributed by atoms with van der Waals surface area (Å²) in [5.74, 6) is 0.302. The Morgan fingerprint density at radius 3 is 2.46 bits per heavy atom. The van der Waals surface area contributed by atoms with Gasteiger partial charge in [-0.25, -0.2) is 8.42 Å². The molecule has 1 aromatic rings. The van der Waals surface area contributed by atoms with Crippen molar-refractivity contribution in [2.24, 2.45) is 5.92 Å². The SMILES string of the molecule is CC(C)OCCCNC(=O)C(NS(=O)(=O)c1ccc2c(c1)OCCO2)C(C)C. The predicted octanol–water partition coefficient (Wildman–Crippen LogP) is 1.69. The molecule has 0 radical (unpaired) electrons. The quantitative estimate of drug-likeness (QED) is 0.565. The number of hydrogen-bond donors (Lipinski definition) is 2. The molecular weight excluding hydrogens is 384 g/mol. The molecule has 8 nitrogen and oxygen atoms in total. The summed E-state index contributed by atoms with van der Waals surface area (Å²) < 4.78 is 44.4. The zero-order chi connectivity index (χ0) is 20.7. The Hall–Kier alpha value is -1.84. The first-order valence-corrected chi connectivity index (χ1v) is 11.0. The molecule has 1 atom stereocenters. The highest BCUT2D eigenvalue weighted by Crippen LogP contribution is 2.32. The van der Waals surface area contributed by atoms with E-state index < -0.39 is 16.1 Å². The van der Waals surface area contributed by atoms with E-state index >= 15 is 0 Å². The number of nitrogens with one attached hydrogen (secondary N) is 2. The van der Waals surface area contributed by atoms with Gasteiger partial charge in [-0.05, 0) is 38.3 Å². The van der Waals surface area contributed by atoms with Crippen molar-refractivity contribution in [1.29, 1.82) is 0 Å². The standard InChI is InChI=1S/C19H30N2O6S/c1-13(2)18(19(22)20-8-5-9-25-14(3)4)21-28(23,24)15-6-7-16-17(12-15)27-11-10-26-16/h6-7,12-14,18,21H,5,8-11H2,1-4H3,(H,20,22). The van der Waals surface area contributed by atoms with Crippen LogP contribution in [0.15, 0.2) is 23.1 Å². The van der Waals surface area contributed by atoms with Crippen molar-refractivity contribution in [2.45, 2.75) is 51.2 Å². The molecule has 0 saturated heterocycles. The largest absolute Gasteiger partial charge is 0.486 e. The van der Waals surface area contributed by atoms with E-state index in [2.05, 4.69) is 10.0 Å². The summed E-state index contributed by atoms with van der Waals surface area (Å²) >= 11 is 0. The van der Waals surface area contributed by atoms with Gasteiger partial charge in [-0.2, -0.15) is 4.72 Å². The minimum atomic E-state index is -3.90. The van der Waals surface area contributed by atoms with Gasteiger partial charge in [0, 0.05) is 19.2 Å². The normalized spacial score (nSPS) is 14.9. The number of amides is 1. The molecule has 0 aliphatic carbocycles. The Kier molecular flexibility index (Phi) is 8.09. The molecule has 158 valence electrons. The Morgan fingerprint density at radius 2 is 1.82 bits per heavy atom. The second kappa shape index (κ2) is 10.1. The zero-order valence-corrected chi connectivity index (χ0v) is 17.7. The number of fused-ring (bicyclic) bond motifs is 1. The molecule has 1 aliphatic heterocycles. The third kappa shape index (κ3) is 6.35. The van der Waals surface area contributed by atoms with Gasteiger partial charge in [-0.15, -0.1) is 0 Å². The summed E-state index contributed by atoms with van der Waals surface area (Å²) in [6.45, 7) is 9.21. The third-order valence-electron chi connectivity index (χ3n) is 4.13. The minimum absolute atomic E-state index is 0.0283. The van der Waals surface area contributed by atoms with Gasteiger partial charge in [0.1, 0.15) is 19.3 Å². The Labute approximate surface area is 167 Å². The lowest BCUT2D eigenvalue weighted by Crippen LogP contribution is -2.49. The van der Waals surface area contributed by atoms with E-state index in [0.717, 1.165) is 0 Å². The van der Waals surface area contributed by atoms with Crippen molar-refractivity contribution in [3.05, 3.63) is 18.2 Å². The molecular formula is C19H30N2O6S. The molecule has 1 aliphatic rings. The van der Waals surface area contributed by atoms with Crippen LogP contribution in [0.1, 0.15) is 34.1 Å². The first-order valence-electron chi connectivity index (χ1n) is 9.52. The Morgan fingerprint density at radius 1 is 1.14 bits per heavy atom. The van der Waals surface area contributed by atoms with E-state index in [1.165, 1.54) is 12.1 Å². The Bertz CT molecular complexity index is 764. The monoisotopic (exact) mass is 414 g/mol. The van der Waals surface area contributed by atoms with E-state index in [0.29, 0.717) is 44.3 Å². The maximum absolute atomic E-state index is 12.8. The molecule has 0 fully saturated rings. The molecule has 28 heavy (non-hydrogen) atoms. The number of hydrogen-bond acceptors (Lipinski definition) is 6. The van der Waals surface area contributed by atoms with E-state index in [4.69, 9.17) is 14.2 Å². The summed E-state index contributed by atoms with van der Waals surface area (Å²) in [6, 6.07) is 3.52. The van der Waals surface area contributed by atoms with Gasteiger partial charge in [0.2, 0.25) is 15.9 Å². The van der Waals surface area contributed by atoms with Gasteiger partial charge in [-0.3, -0.25) is 4.79 Å². The minimum Gasteiger partial charge on any atom is -0.486 e. The number of ether oxygens (including phenoxy) is 3. The highest BCUT2D eigenvalue weighted by molar-refractivity contribution is 7.89. The van der Waals surface area contributed by atoms with Gasteiger partial charge in [-0.1, -0.05) is 13.8 Å². The van der Waals surface area contributed by atoms with E-state index in [-0.39, 0.29) is 22.8 Å². The van der Waals surface area contributed by atoms with E-state index in [1.54, 1.807) is 19.9 Å². The van der Waals surface area contributed by atoms with Crippen LogP contribution < -0.4 is 19.5 Å². The van der Waals surface area contributed by atoms with Gasteiger partial charge < -0.3 is 19.5 Å². The van der Waals surface area contributed by atoms with Crippen LogP contribution in [-0.2, 0) is 19.6 Å². The lowest BCUT2D eigenvalue weighted by molar-refractivity contribution is -0.123. The van der Waals surface area contributed by atoms with E-state index in [9.17, 15) is 13.2 Å². The molecule has 0 saturated carbocycles. The number of carbonyl (C=O) groups is 1. The summed E-state index contributed by atoms with van der Waals surface area (Å²) in [4.78, 5) is 12.5. The smallest absolute Gasteiger partial charge is 0.241 e. The third-order valence-corrected chi connectivity index (χ3v) is 5.57. The molecule has 1 heterocycles. The van der Waals surface area contributed by atoms with Crippen molar-refractivity contribution in [3.63, 3.8) is 0 Å². The van der Waals surface area contributed by atoms with Gasteiger partial charge >= 0.3 is 0 Å². The topological polar surface area (TPSA) is 103 Å². The number of carbonyl (C=O) groups excluding carboxylic acids is 1. The molecule has 1 amide bonds. The lowest BCUT2D eigenvalue weighted by atomic mass is 10.1. The summed E-state index contributed by atoms with van der Waals surface area (Å²) in [7, 11) is -3.90. The molecule has 1 aromatic carbocycles. The first-order chi connectivity index (χ1) is 13.2. The average molecular weight is 415 g/mol. The lowest BCUT2D eigenvalue weighted by Gasteiger charge is -2.23. The van der Waals surface area contributed by atoms with Gasteiger partial charge in [0.05, 0.1) is 11.0 Å². The second-order valence-electron chi connectivity index (χ2n) is 7.21. The molecule has 1 unspecified atom stereocenters. The summed E-state index contributed by atoms with van der Waals surface area (Å²) in [5.41, 5.74) is 0. The van der Waals surface area contributed by atoms with Crippen LogP contribution in [-0.4, -0.2) is 52.8 Å². The van der Waals surface area contributed by atoms with Crippen LogP contribution in [0, 0.1) is 5.92 Å². The number of rotatable bonds is 10. The summed E-state index contributed by atoms with van der Waals surface area (Å²) in [6.07, 6.45) is 0.792. The molecule has 0 bridgehead atoms. The summed E-state index contributed by atoms with van der Waals surface area (Å²) in [5, 5.41) is 2.77. The molecule has 9 heteroatoms. The van der Waals surface area contributed by atoms with Crippen LogP contribution in [0.3, 0.4) is 0 Å². The first kappa shape index (κ1) is 22.4.